The molecular weight excluding hydrogens is 254 g/mol. The monoisotopic (exact) mass is 269 g/mol. The molecule has 4 heteroatoms. The van der Waals surface area contributed by atoms with E-state index in [0.29, 0.717) is 11.3 Å². The van der Waals surface area contributed by atoms with E-state index in [1.165, 1.54) is 6.07 Å². The molecule has 0 saturated carbocycles. The quantitative estimate of drug-likeness (QED) is 0.896. The number of anilines is 1. The zero-order chi connectivity index (χ0) is 14.5. The SMILES string of the molecule is Cc1ccc(NC(=O)Cc2ccccc2)cc1C(=O)O. The van der Waals surface area contributed by atoms with Gasteiger partial charge < -0.3 is 10.4 Å². The molecule has 2 aromatic carbocycles. The van der Waals surface area contributed by atoms with Crippen molar-refractivity contribution in [3.63, 3.8) is 0 Å². The maximum absolute atomic E-state index is 11.9. The standard InChI is InChI=1S/C16H15NO3/c1-11-7-8-13(10-14(11)16(19)20)17-15(18)9-12-5-3-2-4-6-12/h2-8,10H,9H2,1H3,(H,17,18)(H,19,20). The van der Waals surface area contributed by atoms with Crippen molar-refractivity contribution in [1.82, 2.24) is 0 Å². The van der Waals surface area contributed by atoms with Crippen LogP contribution < -0.4 is 5.32 Å². The van der Waals surface area contributed by atoms with Gasteiger partial charge in [-0.3, -0.25) is 4.79 Å². The Labute approximate surface area is 117 Å². The highest BCUT2D eigenvalue weighted by Crippen LogP contribution is 2.15. The topological polar surface area (TPSA) is 66.4 Å². The van der Waals surface area contributed by atoms with Crippen LogP contribution in [0, 0.1) is 6.92 Å². The first-order chi connectivity index (χ1) is 9.56. The summed E-state index contributed by atoms with van der Waals surface area (Å²) in [5.41, 5.74) is 2.27. The van der Waals surface area contributed by atoms with Gasteiger partial charge in [-0.1, -0.05) is 36.4 Å². The average molecular weight is 269 g/mol. The van der Waals surface area contributed by atoms with Gasteiger partial charge in [0, 0.05) is 5.69 Å². The fourth-order valence-electron chi connectivity index (χ4n) is 1.92. The molecule has 0 fully saturated rings. The number of rotatable bonds is 4. The van der Waals surface area contributed by atoms with Gasteiger partial charge in [-0.25, -0.2) is 4.79 Å². The number of amides is 1. The highest BCUT2D eigenvalue weighted by molar-refractivity contribution is 5.95. The lowest BCUT2D eigenvalue weighted by atomic mass is 10.1. The molecule has 0 heterocycles. The highest BCUT2D eigenvalue weighted by Gasteiger charge is 2.09. The minimum Gasteiger partial charge on any atom is -0.478 e. The number of hydrogen-bond acceptors (Lipinski definition) is 2. The molecule has 0 bridgehead atoms. The van der Waals surface area contributed by atoms with Crippen molar-refractivity contribution in [3.05, 3.63) is 65.2 Å². The van der Waals surface area contributed by atoms with Gasteiger partial charge in [-0.2, -0.15) is 0 Å². The van der Waals surface area contributed by atoms with E-state index in [1.54, 1.807) is 19.1 Å². The number of carbonyl (C=O) groups excluding carboxylic acids is 1. The summed E-state index contributed by atoms with van der Waals surface area (Å²) in [6, 6.07) is 14.2. The second-order valence-corrected chi connectivity index (χ2v) is 4.55. The van der Waals surface area contributed by atoms with Crippen molar-refractivity contribution in [2.24, 2.45) is 0 Å². The molecule has 4 nitrogen and oxygen atoms in total. The molecule has 0 aromatic heterocycles. The molecule has 20 heavy (non-hydrogen) atoms. The van der Waals surface area contributed by atoms with Crippen LogP contribution in [-0.4, -0.2) is 17.0 Å². The minimum atomic E-state index is -0.998. The lowest BCUT2D eigenvalue weighted by Crippen LogP contribution is -2.15. The Morgan fingerprint density at radius 2 is 1.80 bits per heavy atom. The van der Waals surface area contributed by atoms with E-state index in [9.17, 15) is 9.59 Å². The third kappa shape index (κ3) is 3.45. The first kappa shape index (κ1) is 13.8. The molecule has 1 amide bonds. The molecule has 2 N–H and O–H groups in total. The third-order valence-electron chi connectivity index (χ3n) is 2.96. The lowest BCUT2D eigenvalue weighted by molar-refractivity contribution is -0.115. The number of carboxylic acid groups (broad SMARTS) is 1. The predicted octanol–water partition coefficient (Wildman–Crippen LogP) is 2.87. The van der Waals surface area contributed by atoms with Crippen LogP contribution in [0.2, 0.25) is 0 Å². The fraction of sp³-hybridized carbons (Fsp3) is 0.125. The van der Waals surface area contributed by atoms with E-state index >= 15 is 0 Å². The predicted molar refractivity (Wildman–Crippen MR) is 76.9 cm³/mol. The number of hydrogen-bond donors (Lipinski definition) is 2. The second kappa shape index (κ2) is 6.02. The van der Waals surface area contributed by atoms with E-state index in [1.807, 2.05) is 30.3 Å². The fourth-order valence-corrected chi connectivity index (χ4v) is 1.92. The maximum atomic E-state index is 11.9. The molecule has 0 spiro atoms. The first-order valence-electron chi connectivity index (χ1n) is 6.24. The molecule has 0 radical (unpaired) electrons. The van der Waals surface area contributed by atoms with Crippen LogP contribution >= 0.6 is 0 Å². The van der Waals surface area contributed by atoms with Gasteiger partial charge in [-0.15, -0.1) is 0 Å². The van der Waals surface area contributed by atoms with Gasteiger partial charge in [0.05, 0.1) is 12.0 Å². The molecule has 2 rings (SSSR count). The summed E-state index contributed by atoms with van der Waals surface area (Å²) in [6.45, 7) is 1.72. The van der Waals surface area contributed by atoms with E-state index in [4.69, 9.17) is 5.11 Å². The lowest BCUT2D eigenvalue weighted by Gasteiger charge is -2.08. The summed E-state index contributed by atoms with van der Waals surface area (Å²) in [5, 5.41) is 11.8. The Bertz CT molecular complexity index is 635. The van der Waals surface area contributed by atoms with Crippen LogP contribution in [0.4, 0.5) is 5.69 Å². The van der Waals surface area contributed by atoms with Gasteiger partial charge in [-0.05, 0) is 30.2 Å². The summed E-state index contributed by atoms with van der Waals surface area (Å²) in [5.74, 6) is -1.17. The third-order valence-corrected chi connectivity index (χ3v) is 2.96. The Morgan fingerprint density at radius 3 is 2.45 bits per heavy atom. The summed E-state index contributed by atoms with van der Waals surface area (Å²) in [6.07, 6.45) is 0.261. The van der Waals surface area contributed by atoms with Crippen molar-refractivity contribution in [3.8, 4) is 0 Å². The molecule has 0 aliphatic rings. The highest BCUT2D eigenvalue weighted by atomic mass is 16.4. The average Bonchev–Trinajstić information content (AvgIpc) is 2.41. The van der Waals surface area contributed by atoms with Gasteiger partial charge in [0.15, 0.2) is 0 Å². The Morgan fingerprint density at radius 1 is 1.10 bits per heavy atom. The molecule has 0 saturated heterocycles. The Kier molecular flexibility index (Phi) is 4.15. The van der Waals surface area contributed by atoms with Crippen LogP contribution in [0.5, 0.6) is 0 Å². The van der Waals surface area contributed by atoms with Gasteiger partial charge in [0.1, 0.15) is 0 Å². The van der Waals surface area contributed by atoms with Crippen LogP contribution in [-0.2, 0) is 11.2 Å². The number of nitrogens with one attached hydrogen (secondary N) is 1. The second-order valence-electron chi connectivity index (χ2n) is 4.55. The molecule has 0 aliphatic carbocycles. The molecule has 2 aromatic rings. The molecular formula is C16H15NO3. The van der Waals surface area contributed by atoms with Crippen LogP contribution in [0.25, 0.3) is 0 Å². The Balaban J connectivity index is 2.08. The largest absolute Gasteiger partial charge is 0.478 e. The van der Waals surface area contributed by atoms with Crippen molar-refractivity contribution < 1.29 is 14.7 Å². The maximum Gasteiger partial charge on any atom is 0.336 e. The molecule has 0 unspecified atom stereocenters. The van der Waals surface area contributed by atoms with E-state index in [2.05, 4.69) is 5.32 Å². The molecule has 0 atom stereocenters. The van der Waals surface area contributed by atoms with Gasteiger partial charge in [0.2, 0.25) is 5.91 Å². The first-order valence-corrected chi connectivity index (χ1v) is 6.24. The summed E-state index contributed by atoms with van der Waals surface area (Å²) in [7, 11) is 0. The Hall–Kier alpha value is -2.62. The van der Waals surface area contributed by atoms with Crippen LogP contribution in [0.3, 0.4) is 0 Å². The number of benzene rings is 2. The van der Waals surface area contributed by atoms with Crippen LogP contribution in [0.15, 0.2) is 48.5 Å². The van der Waals surface area contributed by atoms with E-state index in [0.717, 1.165) is 5.56 Å². The number of carboxylic acids is 1. The molecule has 102 valence electrons. The summed E-state index contributed by atoms with van der Waals surface area (Å²) in [4.78, 5) is 22.9. The van der Waals surface area contributed by atoms with Crippen molar-refractivity contribution >= 4 is 17.6 Å². The van der Waals surface area contributed by atoms with E-state index in [-0.39, 0.29) is 17.9 Å². The summed E-state index contributed by atoms with van der Waals surface area (Å²) < 4.78 is 0. The van der Waals surface area contributed by atoms with Crippen LogP contribution in [0.1, 0.15) is 21.5 Å². The normalized spacial score (nSPS) is 10.1. The van der Waals surface area contributed by atoms with Crippen molar-refractivity contribution in [2.75, 3.05) is 5.32 Å². The van der Waals surface area contributed by atoms with E-state index < -0.39 is 5.97 Å². The van der Waals surface area contributed by atoms with Crippen molar-refractivity contribution in [2.45, 2.75) is 13.3 Å². The zero-order valence-corrected chi connectivity index (χ0v) is 11.1. The minimum absolute atomic E-state index is 0.170. The van der Waals surface area contributed by atoms with Gasteiger partial charge >= 0.3 is 5.97 Å². The van der Waals surface area contributed by atoms with Crippen molar-refractivity contribution in [1.29, 1.82) is 0 Å². The zero-order valence-electron chi connectivity index (χ0n) is 11.1. The summed E-state index contributed by atoms with van der Waals surface area (Å²) >= 11 is 0. The number of aryl methyl sites for hydroxylation is 1. The molecule has 0 aliphatic heterocycles. The van der Waals surface area contributed by atoms with Gasteiger partial charge in [0.25, 0.3) is 0 Å². The number of carbonyl (C=O) groups is 2. The number of aromatic carboxylic acids is 1. The smallest absolute Gasteiger partial charge is 0.336 e.